The molecule has 0 bridgehead atoms. The number of carbonyl (C=O) groups excluding carboxylic acids is 3. The maximum Gasteiger partial charge on any atom is 0.417 e. The van der Waals surface area contributed by atoms with Crippen LogP contribution in [0.2, 0.25) is 0 Å². The molecule has 0 aromatic heterocycles. The van der Waals surface area contributed by atoms with Crippen molar-refractivity contribution in [3.63, 3.8) is 0 Å². The lowest BCUT2D eigenvalue weighted by molar-refractivity contribution is -0.160. The van der Waals surface area contributed by atoms with Gasteiger partial charge in [-0.05, 0) is 41.5 Å². The zero-order chi connectivity index (χ0) is 16.6. The molecule has 21 heavy (non-hydrogen) atoms. The van der Waals surface area contributed by atoms with Crippen LogP contribution in [0.1, 0.15) is 41.5 Å². The molecule has 0 radical (unpaired) electrons. The van der Waals surface area contributed by atoms with Crippen molar-refractivity contribution in [3.8, 4) is 0 Å². The lowest BCUT2D eigenvalue weighted by atomic mass is 10.0. The Bertz CT molecular complexity index is 447. The first-order valence-electron chi connectivity index (χ1n) is 6.84. The van der Waals surface area contributed by atoms with Crippen molar-refractivity contribution in [2.24, 2.45) is 11.7 Å². The van der Waals surface area contributed by atoms with Gasteiger partial charge in [0, 0.05) is 6.54 Å². The minimum absolute atomic E-state index is 0.121. The summed E-state index contributed by atoms with van der Waals surface area (Å²) in [7, 11) is 0. The molecular weight excluding hydrogens is 276 g/mol. The van der Waals surface area contributed by atoms with E-state index in [9.17, 15) is 14.4 Å². The van der Waals surface area contributed by atoms with Gasteiger partial charge in [-0.15, -0.1) is 0 Å². The summed E-state index contributed by atoms with van der Waals surface area (Å²) in [6, 6.07) is -1.09. The monoisotopic (exact) mass is 300 g/mol. The second-order valence-electron chi connectivity index (χ2n) is 7.09. The SMILES string of the molecule is CC(C)(C)OC(=O)C1CN(C(=O)OC(C)(C)C)C(=O)C1N. The van der Waals surface area contributed by atoms with Crippen molar-refractivity contribution in [3.05, 3.63) is 0 Å². The van der Waals surface area contributed by atoms with Gasteiger partial charge in [0.25, 0.3) is 0 Å². The molecule has 0 aromatic rings. The quantitative estimate of drug-likeness (QED) is 0.727. The van der Waals surface area contributed by atoms with Crippen LogP contribution in [0.25, 0.3) is 0 Å². The topological polar surface area (TPSA) is 98.9 Å². The van der Waals surface area contributed by atoms with Crippen LogP contribution >= 0.6 is 0 Å². The molecule has 1 saturated heterocycles. The van der Waals surface area contributed by atoms with E-state index in [0.29, 0.717) is 0 Å². The van der Waals surface area contributed by atoms with Crippen LogP contribution in [-0.2, 0) is 19.1 Å². The highest BCUT2D eigenvalue weighted by atomic mass is 16.6. The number of ether oxygens (including phenoxy) is 2. The highest BCUT2D eigenvalue weighted by Gasteiger charge is 2.47. The molecule has 1 rings (SSSR count). The standard InChI is InChI=1S/C14H24N2O5/c1-13(2,3)20-11(18)8-7-16(10(17)9(8)15)12(19)21-14(4,5)6/h8-9H,7,15H2,1-6H3. The van der Waals surface area contributed by atoms with Crippen molar-refractivity contribution in [2.45, 2.75) is 58.8 Å². The van der Waals surface area contributed by atoms with Crippen LogP contribution in [0.4, 0.5) is 4.79 Å². The smallest absolute Gasteiger partial charge is 0.417 e. The number of rotatable bonds is 1. The summed E-state index contributed by atoms with van der Waals surface area (Å²) in [5.41, 5.74) is 4.32. The zero-order valence-corrected chi connectivity index (χ0v) is 13.4. The Hall–Kier alpha value is -1.63. The number of hydrogen-bond donors (Lipinski definition) is 1. The van der Waals surface area contributed by atoms with E-state index < -0.39 is 41.1 Å². The predicted octanol–water partition coefficient (Wildman–Crippen LogP) is 1.05. The maximum atomic E-state index is 12.0. The molecular formula is C14H24N2O5. The van der Waals surface area contributed by atoms with Crippen LogP contribution in [0.15, 0.2) is 0 Å². The zero-order valence-electron chi connectivity index (χ0n) is 13.4. The van der Waals surface area contributed by atoms with E-state index in [4.69, 9.17) is 15.2 Å². The van der Waals surface area contributed by atoms with Crippen molar-refractivity contribution in [2.75, 3.05) is 6.54 Å². The molecule has 2 N–H and O–H groups in total. The van der Waals surface area contributed by atoms with Gasteiger partial charge in [0.1, 0.15) is 17.2 Å². The average Bonchev–Trinajstić information content (AvgIpc) is 2.51. The summed E-state index contributed by atoms with van der Waals surface area (Å²) in [5.74, 6) is -2.08. The average molecular weight is 300 g/mol. The third-order valence-electron chi connectivity index (χ3n) is 2.69. The summed E-state index contributed by atoms with van der Waals surface area (Å²) in [6.45, 7) is 10.1. The first-order chi connectivity index (χ1) is 9.32. The van der Waals surface area contributed by atoms with E-state index >= 15 is 0 Å². The van der Waals surface area contributed by atoms with Crippen LogP contribution in [-0.4, -0.2) is 46.7 Å². The minimum Gasteiger partial charge on any atom is -0.460 e. The van der Waals surface area contributed by atoms with E-state index in [-0.39, 0.29) is 6.54 Å². The number of hydrogen-bond acceptors (Lipinski definition) is 6. The molecule has 2 amide bonds. The Labute approximate surface area is 124 Å². The molecule has 1 heterocycles. The lowest BCUT2D eigenvalue weighted by Gasteiger charge is -2.24. The molecule has 1 aliphatic rings. The Kier molecular flexibility index (Phi) is 4.67. The fourth-order valence-corrected chi connectivity index (χ4v) is 1.83. The molecule has 120 valence electrons. The number of carbonyl (C=O) groups is 3. The van der Waals surface area contributed by atoms with Gasteiger partial charge in [0.05, 0.1) is 5.92 Å². The van der Waals surface area contributed by atoms with Gasteiger partial charge in [-0.25, -0.2) is 9.69 Å². The highest BCUT2D eigenvalue weighted by molar-refractivity contribution is 6.00. The summed E-state index contributed by atoms with van der Waals surface area (Å²) < 4.78 is 10.3. The molecule has 0 aromatic carbocycles. The molecule has 2 atom stereocenters. The second-order valence-corrected chi connectivity index (χ2v) is 7.09. The first-order valence-corrected chi connectivity index (χ1v) is 6.84. The van der Waals surface area contributed by atoms with Gasteiger partial charge in [0.15, 0.2) is 0 Å². The van der Waals surface area contributed by atoms with E-state index in [1.165, 1.54) is 0 Å². The Morgan fingerprint density at radius 1 is 1.10 bits per heavy atom. The van der Waals surface area contributed by atoms with E-state index in [1.54, 1.807) is 41.5 Å². The fraction of sp³-hybridized carbons (Fsp3) is 0.786. The van der Waals surface area contributed by atoms with E-state index in [2.05, 4.69) is 0 Å². The van der Waals surface area contributed by atoms with Gasteiger partial charge in [-0.1, -0.05) is 0 Å². The summed E-state index contributed by atoms with van der Waals surface area (Å²) in [5, 5.41) is 0. The van der Waals surface area contributed by atoms with Crippen molar-refractivity contribution in [1.82, 2.24) is 4.90 Å². The normalized spacial score (nSPS) is 23.2. The molecule has 1 fully saturated rings. The van der Waals surface area contributed by atoms with Crippen LogP contribution < -0.4 is 5.73 Å². The van der Waals surface area contributed by atoms with Gasteiger partial charge < -0.3 is 15.2 Å². The van der Waals surface area contributed by atoms with Gasteiger partial charge >= 0.3 is 12.1 Å². The van der Waals surface area contributed by atoms with E-state index in [1.807, 2.05) is 0 Å². The summed E-state index contributed by atoms with van der Waals surface area (Å²) in [4.78, 5) is 36.9. The molecule has 7 heteroatoms. The number of likely N-dealkylation sites (tertiary alicyclic amines) is 1. The van der Waals surface area contributed by atoms with Crippen molar-refractivity contribution >= 4 is 18.0 Å². The van der Waals surface area contributed by atoms with Gasteiger partial charge in [-0.2, -0.15) is 0 Å². The Morgan fingerprint density at radius 2 is 1.57 bits per heavy atom. The van der Waals surface area contributed by atoms with Crippen molar-refractivity contribution in [1.29, 1.82) is 0 Å². The molecule has 0 saturated carbocycles. The van der Waals surface area contributed by atoms with Crippen molar-refractivity contribution < 1.29 is 23.9 Å². The van der Waals surface area contributed by atoms with Gasteiger partial charge in [-0.3, -0.25) is 9.59 Å². The number of imide groups is 1. The number of nitrogens with zero attached hydrogens (tertiary/aromatic N) is 1. The number of esters is 1. The largest absolute Gasteiger partial charge is 0.460 e. The van der Waals surface area contributed by atoms with Crippen LogP contribution in [0.3, 0.4) is 0 Å². The third kappa shape index (κ3) is 4.70. The van der Waals surface area contributed by atoms with Crippen LogP contribution in [0.5, 0.6) is 0 Å². The van der Waals surface area contributed by atoms with Crippen LogP contribution in [0, 0.1) is 5.92 Å². The lowest BCUT2D eigenvalue weighted by Crippen LogP contribution is -2.42. The summed E-state index contributed by atoms with van der Waals surface area (Å²) in [6.07, 6.45) is -0.797. The number of nitrogens with two attached hydrogens (primary N) is 1. The predicted molar refractivity (Wildman–Crippen MR) is 75.3 cm³/mol. The minimum atomic E-state index is -1.09. The molecule has 2 unspecified atom stereocenters. The fourth-order valence-electron chi connectivity index (χ4n) is 1.83. The Balaban J connectivity index is 2.80. The molecule has 0 aliphatic carbocycles. The molecule has 1 aliphatic heterocycles. The van der Waals surface area contributed by atoms with Gasteiger partial charge in [0.2, 0.25) is 5.91 Å². The molecule has 7 nitrogen and oxygen atoms in total. The molecule has 0 spiro atoms. The first kappa shape index (κ1) is 17.4. The van der Waals surface area contributed by atoms with E-state index in [0.717, 1.165) is 4.90 Å². The highest BCUT2D eigenvalue weighted by Crippen LogP contribution is 2.23. The second kappa shape index (κ2) is 5.63. The maximum absolute atomic E-state index is 12.0. The third-order valence-corrected chi connectivity index (χ3v) is 2.69. The summed E-state index contributed by atoms with van der Waals surface area (Å²) >= 11 is 0. The Morgan fingerprint density at radius 3 is 2.00 bits per heavy atom. The number of amides is 2.